The van der Waals surface area contributed by atoms with Crippen LogP contribution in [0.4, 0.5) is 0 Å². The third kappa shape index (κ3) is 2.56. The van der Waals surface area contributed by atoms with E-state index in [1.165, 1.54) is 0 Å². The van der Waals surface area contributed by atoms with Crippen molar-refractivity contribution in [2.45, 2.75) is 52.2 Å². The van der Waals surface area contributed by atoms with E-state index in [-0.39, 0.29) is 17.5 Å². The Morgan fingerprint density at radius 1 is 1.39 bits per heavy atom. The second-order valence-electron chi connectivity index (χ2n) is 6.18. The summed E-state index contributed by atoms with van der Waals surface area (Å²) in [5, 5.41) is 0. The molecule has 0 saturated carbocycles. The second-order valence-corrected chi connectivity index (χ2v) is 6.18. The molecule has 3 nitrogen and oxygen atoms in total. The molecule has 0 fully saturated rings. The van der Waals surface area contributed by atoms with E-state index < -0.39 is 0 Å². The second kappa shape index (κ2) is 4.39. The number of nitrogens with two attached hydrogens (primary N) is 1. The number of amides is 1. The van der Waals surface area contributed by atoms with Gasteiger partial charge in [-0.2, -0.15) is 0 Å². The maximum atomic E-state index is 12.3. The lowest BCUT2D eigenvalue weighted by Gasteiger charge is -2.20. The summed E-state index contributed by atoms with van der Waals surface area (Å²) in [5.74, 6) is 0.150. The minimum absolute atomic E-state index is 0.150. The largest absolute Gasteiger partial charge is 0.332 e. The first-order valence-corrected chi connectivity index (χ1v) is 6.49. The van der Waals surface area contributed by atoms with E-state index in [1.54, 1.807) is 0 Å². The van der Waals surface area contributed by atoms with Crippen LogP contribution in [0.3, 0.4) is 0 Å². The Bertz CT molecular complexity index is 472. The van der Waals surface area contributed by atoms with Crippen LogP contribution in [-0.4, -0.2) is 22.4 Å². The highest BCUT2D eigenvalue weighted by Crippen LogP contribution is 2.26. The highest BCUT2D eigenvalue weighted by atomic mass is 16.2. The Hall–Kier alpha value is -1.35. The van der Waals surface area contributed by atoms with Crippen molar-refractivity contribution < 1.29 is 4.79 Å². The minimum atomic E-state index is -0.242. The Labute approximate surface area is 109 Å². The predicted molar refractivity (Wildman–Crippen MR) is 73.4 cm³/mol. The summed E-state index contributed by atoms with van der Waals surface area (Å²) in [5.41, 5.74) is 8.91. The smallest absolute Gasteiger partial charge is 0.254 e. The number of nitrogens with zero attached hydrogens (tertiary/aromatic N) is 1. The van der Waals surface area contributed by atoms with Crippen LogP contribution in [-0.2, 0) is 13.0 Å². The Balaban J connectivity index is 2.28. The molecule has 0 bridgehead atoms. The Morgan fingerprint density at radius 3 is 2.61 bits per heavy atom. The fourth-order valence-electron chi connectivity index (χ4n) is 2.42. The predicted octanol–water partition coefficient (Wildman–Crippen LogP) is 2.33. The molecule has 2 N–H and O–H groups in total. The molecule has 0 unspecified atom stereocenters. The van der Waals surface area contributed by atoms with Crippen LogP contribution in [0.5, 0.6) is 0 Å². The molecular weight excluding hydrogens is 224 g/mol. The highest BCUT2D eigenvalue weighted by molar-refractivity contribution is 5.98. The summed E-state index contributed by atoms with van der Waals surface area (Å²) in [6, 6.07) is 6.41. The zero-order chi connectivity index (χ0) is 13.5. The molecule has 1 heterocycles. The van der Waals surface area contributed by atoms with E-state index in [0.717, 1.165) is 29.7 Å². The summed E-state index contributed by atoms with van der Waals surface area (Å²) in [6.45, 7) is 8.84. The summed E-state index contributed by atoms with van der Waals surface area (Å²) in [6.07, 6.45) is 0.787. The number of rotatable bonds is 3. The number of benzene rings is 1. The Morgan fingerprint density at radius 2 is 2.06 bits per heavy atom. The lowest BCUT2D eigenvalue weighted by atomic mass is 9.94. The lowest BCUT2D eigenvalue weighted by molar-refractivity contribution is 0.0730. The number of hydrogen-bond acceptors (Lipinski definition) is 2. The molecule has 0 spiro atoms. The van der Waals surface area contributed by atoms with Gasteiger partial charge in [0.05, 0.1) is 0 Å². The molecule has 3 heteroatoms. The molecule has 1 aliphatic rings. The summed E-state index contributed by atoms with van der Waals surface area (Å²) in [4.78, 5) is 14.2. The highest BCUT2D eigenvalue weighted by Gasteiger charge is 2.29. The van der Waals surface area contributed by atoms with E-state index in [4.69, 9.17) is 5.73 Å². The molecule has 1 amide bonds. The molecule has 0 radical (unpaired) electrons. The van der Waals surface area contributed by atoms with Gasteiger partial charge in [0, 0.05) is 23.7 Å². The number of carbonyl (C=O) groups is 1. The van der Waals surface area contributed by atoms with Crippen molar-refractivity contribution in [3.05, 3.63) is 34.9 Å². The van der Waals surface area contributed by atoms with Crippen molar-refractivity contribution in [2.75, 3.05) is 0 Å². The summed E-state index contributed by atoms with van der Waals surface area (Å²) >= 11 is 0. The molecule has 1 aliphatic heterocycles. The molecule has 0 aromatic heterocycles. The van der Waals surface area contributed by atoms with E-state index in [2.05, 4.69) is 12.1 Å². The topological polar surface area (TPSA) is 46.3 Å². The molecular formula is C15H22N2O. The third-order valence-electron chi connectivity index (χ3n) is 3.29. The van der Waals surface area contributed by atoms with Gasteiger partial charge in [-0.25, -0.2) is 0 Å². The number of hydrogen-bond donors (Lipinski definition) is 1. The average molecular weight is 246 g/mol. The van der Waals surface area contributed by atoms with Crippen LogP contribution < -0.4 is 5.73 Å². The summed E-state index contributed by atoms with van der Waals surface area (Å²) in [7, 11) is 0. The Kier molecular flexibility index (Phi) is 3.20. The van der Waals surface area contributed by atoms with Crippen LogP contribution in [0, 0.1) is 0 Å². The van der Waals surface area contributed by atoms with E-state index in [9.17, 15) is 4.79 Å². The van der Waals surface area contributed by atoms with Crippen molar-refractivity contribution in [3.63, 3.8) is 0 Å². The molecule has 0 aliphatic carbocycles. The van der Waals surface area contributed by atoms with Gasteiger partial charge in [-0.05, 0) is 51.3 Å². The lowest BCUT2D eigenvalue weighted by Crippen LogP contribution is -2.34. The molecule has 0 saturated heterocycles. The van der Waals surface area contributed by atoms with E-state index in [0.29, 0.717) is 0 Å². The van der Waals surface area contributed by atoms with Gasteiger partial charge in [0.1, 0.15) is 0 Å². The standard InChI is InChI=1S/C15H22N2O/c1-10(2)17-9-12-6-5-11(8-15(3,4)16)7-13(12)14(17)18/h5-7,10H,8-9,16H2,1-4H3. The first kappa shape index (κ1) is 13.1. The van der Waals surface area contributed by atoms with Gasteiger partial charge in [-0.15, -0.1) is 0 Å². The maximum Gasteiger partial charge on any atom is 0.254 e. The monoisotopic (exact) mass is 246 g/mol. The van der Waals surface area contributed by atoms with Crippen molar-refractivity contribution in [1.82, 2.24) is 4.90 Å². The fourth-order valence-corrected chi connectivity index (χ4v) is 2.42. The van der Waals surface area contributed by atoms with Crippen LogP contribution in [0.1, 0.15) is 49.2 Å². The molecule has 2 rings (SSSR count). The zero-order valence-electron chi connectivity index (χ0n) is 11.7. The van der Waals surface area contributed by atoms with Crippen LogP contribution in [0.2, 0.25) is 0 Å². The average Bonchev–Trinajstić information content (AvgIpc) is 2.54. The van der Waals surface area contributed by atoms with Gasteiger partial charge in [-0.1, -0.05) is 12.1 Å². The quantitative estimate of drug-likeness (QED) is 0.889. The van der Waals surface area contributed by atoms with Gasteiger partial charge in [-0.3, -0.25) is 4.79 Å². The van der Waals surface area contributed by atoms with Crippen LogP contribution in [0.25, 0.3) is 0 Å². The van der Waals surface area contributed by atoms with Crippen molar-refractivity contribution >= 4 is 5.91 Å². The van der Waals surface area contributed by atoms with E-state index in [1.807, 2.05) is 38.7 Å². The SMILES string of the molecule is CC(C)N1Cc2ccc(CC(C)(C)N)cc2C1=O. The first-order valence-electron chi connectivity index (χ1n) is 6.49. The van der Waals surface area contributed by atoms with Gasteiger partial charge < -0.3 is 10.6 Å². The van der Waals surface area contributed by atoms with E-state index >= 15 is 0 Å². The van der Waals surface area contributed by atoms with Crippen molar-refractivity contribution in [1.29, 1.82) is 0 Å². The van der Waals surface area contributed by atoms with Gasteiger partial charge in [0.15, 0.2) is 0 Å². The van der Waals surface area contributed by atoms with Crippen LogP contribution >= 0.6 is 0 Å². The van der Waals surface area contributed by atoms with Crippen LogP contribution in [0.15, 0.2) is 18.2 Å². The molecule has 1 aromatic carbocycles. The summed E-state index contributed by atoms with van der Waals surface area (Å²) < 4.78 is 0. The molecule has 1 aromatic rings. The van der Waals surface area contributed by atoms with Gasteiger partial charge in [0.2, 0.25) is 0 Å². The van der Waals surface area contributed by atoms with Gasteiger partial charge >= 0.3 is 0 Å². The maximum absolute atomic E-state index is 12.3. The fraction of sp³-hybridized carbons (Fsp3) is 0.533. The molecule has 98 valence electrons. The van der Waals surface area contributed by atoms with Crippen molar-refractivity contribution in [3.8, 4) is 0 Å². The number of fused-ring (bicyclic) bond motifs is 1. The molecule has 0 atom stereocenters. The third-order valence-corrected chi connectivity index (χ3v) is 3.29. The normalized spacial score (nSPS) is 15.4. The number of carbonyl (C=O) groups excluding carboxylic acids is 1. The molecule has 18 heavy (non-hydrogen) atoms. The zero-order valence-corrected chi connectivity index (χ0v) is 11.7. The van der Waals surface area contributed by atoms with Crippen molar-refractivity contribution in [2.24, 2.45) is 5.73 Å². The first-order chi connectivity index (χ1) is 8.28. The minimum Gasteiger partial charge on any atom is -0.332 e. The van der Waals surface area contributed by atoms with Gasteiger partial charge in [0.25, 0.3) is 5.91 Å².